The highest BCUT2D eigenvalue weighted by molar-refractivity contribution is 5.93. The molecule has 3 nitrogen and oxygen atoms in total. The maximum absolute atomic E-state index is 13.5. The van der Waals surface area contributed by atoms with E-state index >= 15 is 0 Å². The molecule has 0 aliphatic heterocycles. The third-order valence-corrected chi connectivity index (χ3v) is 2.51. The van der Waals surface area contributed by atoms with Crippen LogP contribution in [0.5, 0.6) is 0 Å². The van der Waals surface area contributed by atoms with Gasteiger partial charge in [0.1, 0.15) is 11.6 Å². The molecule has 0 fully saturated rings. The van der Waals surface area contributed by atoms with Crippen LogP contribution in [0.3, 0.4) is 0 Å². The SMILES string of the molecule is CC(=O)c1ccc(-c2ccc(F)cc2F)[nH]c1=O. The van der Waals surface area contributed by atoms with Crippen molar-refractivity contribution in [1.29, 1.82) is 0 Å². The van der Waals surface area contributed by atoms with Gasteiger partial charge in [0, 0.05) is 11.6 Å². The summed E-state index contributed by atoms with van der Waals surface area (Å²) in [7, 11) is 0. The summed E-state index contributed by atoms with van der Waals surface area (Å²) in [6.45, 7) is 1.27. The summed E-state index contributed by atoms with van der Waals surface area (Å²) in [5.74, 6) is -1.84. The van der Waals surface area contributed by atoms with Crippen molar-refractivity contribution in [2.45, 2.75) is 6.92 Å². The number of pyridine rings is 1. The van der Waals surface area contributed by atoms with Crippen LogP contribution in [-0.4, -0.2) is 10.8 Å². The van der Waals surface area contributed by atoms with E-state index in [1.807, 2.05) is 0 Å². The van der Waals surface area contributed by atoms with Crippen molar-refractivity contribution < 1.29 is 13.6 Å². The second-order valence-electron chi connectivity index (χ2n) is 3.80. The number of halogens is 2. The third kappa shape index (κ3) is 2.20. The lowest BCUT2D eigenvalue weighted by atomic mass is 10.1. The molecule has 0 aliphatic rings. The second-order valence-corrected chi connectivity index (χ2v) is 3.80. The van der Waals surface area contributed by atoms with E-state index in [-0.39, 0.29) is 22.6 Å². The van der Waals surface area contributed by atoms with Crippen LogP contribution < -0.4 is 5.56 Å². The molecule has 1 heterocycles. The highest BCUT2D eigenvalue weighted by atomic mass is 19.1. The quantitative estimate of drug-likeness (QED) is 0.831. The highest BCUT2D eigenvalue weighted by Gasteiger charge is 2.10. The molecule has 0 saturated heterocycles. The number of hydrogen-bond donors (Lipinski definition) is 1. The van der Waals surface area contributed by atoms with E-state index in [1.54, 1.807) is 0 Å². The Hall–Kier alpha value is -2.30. The molecule has 1 aromatic heterocycles. The zero-order valence-corrected chi connectivity index (χ0v) is 9.46. The maximum atomic E-state index is 13.5. The van der Waals surface area contributed by atoms with Crippen LogP contribution in [-0.2, 0) is 0 Å². The molecular weight excluding hydrogens is 240 g/mol. The van der Waals surface area contributed by atoms with Crippen LogP contribution in [0.15, 0.2) is 35.1 Å². The first kappa shape index (κ1) is 12.2. The van der Waals surface area contributed by atoms with Crippen LogP contribution in [0.1, 0.15) is 17.3 Å². The number of benzene rings is 1. The Labute approximate surface area is 101 Å². The molecule has 0 unspecified atom stereocenters. The molecule has 18 heavy (non-hydrogen) atoms. The first-order valence-electron chi connectivity index (χ1n) is 5.18. The lowest BCUT2D eigenvalue weighted by Crippen LogP contribution is -2.16. The molecule has 0 saturated carbocycles. The topological polar surface area (TPSA) is 49.9 Å². The number of ketones is 1. The summed E-state index contributed by atoms with van der Waals surface area (Å²) in [6, 6.07) is 5.78. The van der Waals surface area contributed by atoms with Crippen LogP contribution in [0.4, 0.5) is 8.78 Å². The zero-order chi connectivity index (χ0) is 13.3. The molecule has 0 radical (unpaired) electrons. The van der Waals surface area contributed by atoms with Gasteiger partial charge in [-0.2, -0.15) is 0 Å². The van der Waals surface area contributed by atoms with E-state index in [0.717, 1.165) is 12.1 Å². The average Bonchev–Trinajstić information content (AvgIpc) is 2.28. The molecule has 0 spiro atoms. The van der Waals surface area contributed by atoms with E-state index in [9.17, 15) is 18.4 Å². The van der Waals surface area contributed by atoms with E-state index in [0.29, 0.717) is 0 Å². The minimum atomic E-state index is -0.777. The van der Waals surface area contributed by atoms with E-state index < -0.39 is 17.2 Å². The molecule has 2 aromatic rings. The van der Waals surface area contributed by atoms with Crippen molar-refractivity contribution in [3.05, 3.63) is 57.9 Å². The molecule has 2 rings (SSSR count). The van der Waals surface area contributed by atoms with E-state index in [2.05, 4.69) is 4.98 Å². The molecule has 0 bridgehead atoms. The Balaban J connectivity index is 2.56. The van der Waals surface area contributed by atoms with E-state index in [4.69, 9.17) is 0 Å². The number of aromatic amines is 1. The Bertz CT molecular complexity index is 677. The van der Waals surface area contributed by atoms with Crippen molar-refractivity contribution in [2.75, 3.05) is 0 Å². The smallest absolute Gasteiger partial charge is 0.259 e. The summed E-state index contributed by atoms with van der Waals surface area (Å²) in [6.07, 6.45) is 0. The monoisotopic (exact) mass is 249 g/mol. The Morgan fingerprint density at radius 1 is 1.17 bits per heavy atom. The van der Waals surface area contributed by atoms with Gasteiger partial charge >= 0.3 is 0 Å². The van der Waals surface area contributed by atoms with Crippen LogP contribution in [0, 0.1) is 11.6 Å². The molecule has 0 atom stereocenters. The van der Waals surface area contributed by atoms with Crippen molar-refractivity contribution in [3.8, 4) is 11.3 Å². The third-order valence-electron chi connectivity index (χ3n) is 2.51. The lowest BCUT2D eigenvalue weighted by Gasteiger charge is -2.04. The predicted molar refractivity (Wildman–Crippen MR) is 62.4 cm³/mol. The van der Waals surface area contributed by atoms with Crippen LogP contribution >= 0.6 is 0 Å². The van der Waals surface area contributed by atoms with Gasteiger partial charge in [-0.1, -0.05) is 0 Å². The number of rotatable bonds is 2. The number of H-pyrrole nitrogens is 1. The number of carbonyl (C=O) groups is 1. The van der Waals surface area contributed by atoms with Gasteiger partial charge in [0.05, 0.1) is 11.3 Å². The Morgan fingerprint density at radius 2 is 1.89 bits per heavy atom. The van der Waals surface area contributed by atoms with Crippen molar-refractivity contribution in [2.24, 2.45) is 0 Å². The van der Waals surface area contributed by atoms with Gasteiger partial charge in [0.15, 0.2) is 5.78 Å². The number of hydrogen-bond acceptors (Lipinski definition) is 2. The van der Waals surface area contributed by atoms with Gasteiger partial charge in [-0.15, -0.1) is 0 Å². The normalized spacial score (nSPS) is 10.4. The largest absolute Gasteiger partial charge is 0.321 e. The number of nitrogens with one attached hydrogen (secondary N) is 1. The van der Waals surface area contributed by atoms with Gasteiger partial charge in [-0.3, -0.25) is 9.59 Å². The van der Waals surface area contributed by atoms with Crippen LogP contribution in [0.2, 0.25) is 0 Å². The maximum Gasteiger partial charge on any atom is 0.259 e. The Morgan fingerprint density at radius 3 is 2.44 bits per heavy atom. The first-order chi connectivity index (χ1) is 8.49. The molecule has 1 N–H and O–H groups in total. The average molecular weight is 249 g/mol. The number of Topliss-reactive ketones (excluding diaryl/α,β-unsaturated/α-hetero) is 1. The highest BCUT2D eigenvalue weighted by Crippen LogP contribution is 2.20. The van der Waals surface area contributed by atoms with Gasteiger partial charge in [-0.05, 0) is 31.2 Å². The molecule has 0 aliphatic carbocycles. The number of aromatic nitrogens is 1. The van der Waals surface area contributed by atoms with Crippen molar-refractivity contribution >= 4 is 5.78 Å². The van der Waals surface area contributed by atoms with Crippen molar-refractivity contribution in [1.82, 2.24) is 4.98 Å². The molecule has 0 amide bonds. The van der Waals surface area contributed by atoms with Gasteiger partial charge in [-0.25, -0.2) is 8.78 Å². The predicted octanol–water partition coefficient (Wildman–Crippen LogP) is 2.52. The fourth-order valence-electron chi connectivity index (χ4n) is 1.62. The van der Waals surface area contributed by atoms with Gasteiger partial charge in [0.25, 0.3) is 5.56 Å². The van der Waals surface area contributed by atoms with Crippen molar-refractivity contribution in [3.63, 3.8) is 0 Å². The molecule has 5 heteroatoms. The lowest BCUT2D eigenvalue weighted by molar-refractivity contribution is 0.101. The van der Waals surface area contributed by atoms with Crippen LogP contribution in [0.25, 0.3) is 11.3 Å². The molecule has 1 aromatic carbocycles. The summed E-state index contributed by atoms with van der Waals surface area (Å²) >= 11 is 0. The van der Waals surface area contributed by atoms with E-state index in [1.165, 1.54) is 25.1 Å². The zero-order valence-electron chi connectivity index (χ0n) is 9.46. The summed E-state index contributed by atoms with van der Waals surface area (Å²) in [5, 5.41) is 0. The fraction of sp³-hybridized carbons (Fsp3) is 0.0769. The summed E-state index contributed by atoms with van der Waals surface area (Å²) in [5.41, 5.74) is -0.323. The summed E-state index contributed by atoms with van der Waals surface area (Å²) in [4.78, 5) is 25.0. The Kier molecular flexibility index (Phi) is 3.06. The van der Waals surface area contributed by atoms with Gasteiger partial charge in [0.2, 0.25) is 0 Å². The molecular formula is C13H9F2NO2. The molecule has 92 valence electrons. The minimum Gasteiger partial charge on any atom is -0.321 e. The second kappa shape index (κ2) is 4.52. The number of carbonyl (C=O) groups excluding carboxylic acids is 1. The summed E-state index contributed by atoms with van der Waals surface area (Å²) < 4.78 is 26.3. The van der Waals surface area contributed by atoms with Gasteiger partial charge < -0.3 is 4.98 Å². The minimum absolute atomic E-state index is 0.00118. The first-order valence-corrected chi connectivity index (χ1v) is 5.18. The fourth-order valence-corrected chi connectivity index (χ4v) is 1.62. The standard InChI is InChI=1S/C13H9F2NO2/c1-7(17)9-4-5-12(16-13(9)18)10-3-2-8(14)6-11(10)15/h2-6H,1H3,(H,16,18).